The lowest BCUT2D eigenvalue weighted by molar-refractivity contribution is 0.822. The first-order valence-electron chi connectivity index (χ1n) is 3.37. The highest BCUT2D eigenvalue weighted by Crippen LogP contribution is 2.14. The molecule has 0 rings (SSSR count). The minimum atomic E-state index is 0.222. The lowest BCUT2D eigenvalue weighted by Gasteiger charge is -2.12. The van der Waals surface area contributed by atoms with E-state index < -0.39 is 0 Å². The Morgan fingerprint density at radius 1 is 1.11 bits per heavy atom. The zero-order chi connectivity index (χ0) is 7.28. The Morgan fingerprint density at radius 3 is 1.67 bits per heavy atom. The molecule has 0 aliphatic heterocycles. The SMILES string of the molecule is CCC(N)SC(N)CC. The maximum Gasteiger partial charge on any atom is 0.0520 e. The number of rotatable bonds is 4. The molecule has 2 unspecified atom stereocenters. The van der Waals surface area contributed by atoms with Crippen LogP contribution in [0.25, 0.3) is 0 Å². The third kappa shape index (κ3) is 4.75. The van der Waals surface area contributed by atoms with Crippen molar-refractivity contribution in [3.05, 3.63) is 0 Å². The highest BCUT2D eigenvalue weighted by atomic mass is 32.2. The fourth-order valence-corrected chi connectivity index (χ4v) is 1.25. The van der Waals surface area contributed by atoms with Crippen molar-refractivity contribution >= 4 is 11.8 Å². The first kappa shape index (κ1) is 9.27. The molecule has 0 aromatic carbocycles. The van der Waals surface area contributed by atoms with Gasteiger partial charge in [-0.25, -0.2) is 0 Å². The molecule has 0 fully saturated rings. The van der Waals surface area contributed by atoms with E-state index in [1.165, 1.54) is 0 Å². The normalized spacial score (nSPS) is 17.3. The third-order valence-corrected chi connectivity index (χ3v) is 2.52. The molecule has 0 aromatic rings. The molecule has 0 amide bonds. The summed E-state index contributed by atoms with van der Waals surface area (Å²) in [6.07, 6.45) is 2.00. The average Bonchev–Trinajstić information content (AvgIpc) is 1.87. The summed E-state index contributed by atoms with van der Waals surface area (Å²) in [5, 5.41) is 0.444. The number of nitrogens with two attached hydrogens (primary N) is 2. The van der Waals surface area contributed by atoms with E-state index in [4.69, 9.17) is 11.5 Å². The number of thioether (sulfide) groups is 1. The molecule has 2 nitrogen and oxygen atoms in total. The van der Waals surface area contributed by atoms with E-state index in [-0.39, 0.29) is 10.7 Å². The largest absolute Gasteiger partial charge is 0.319 e. The number of hydrogen-bond acceptors (Lipinski definition) is 3. The van der Waals surface area contributed by atoms with Gasteiger partial charge in [0.15, 0.2) is 0 Å². The van der Waals surface area contributed by atoms with Crippen molar-refractivity contribution in [3.8, 4) is 0 Å². The van der Waals surface area contributed by atoms with Crippen molar-refractivity contribution in [2.45, 2.75) is 37.4 Å². The smallest absolute Gasteiger partial charge is 0.0520 e. The standard InChI is InChI=1S/C6H16N2S/c1-3-5(7)9-6(8)4-2/h5-6H,3-4,7-8H2,1-2H3. The molecule has 0 aromatic heterocycles. The van der Waals surface area contributed by atoms with Crippen molar-refractivity contribution in [2.24, 2.45) is 11.5 Å². The second-order valence-corrected chi connectivity index (χ2v) is 3.51. The van der Waals surface area contributed by atoms with Crippen LogP contribution in [0, 0.1) is 0 Å². The summed E-state index contributed by atoms with van der Waals surface area (Å²) in [5.41, 5.74) is 11.3. The Morgan fingerprint density at radius 2 is 1.44 bits per heavy atom. The first-order valence-corrected chi connectivity index (χ1v) is 4.31. The Hall–Kier alpha value is 0.270. The lowest BCUT2D eigenvalue weighted by Crippen LogP contribution is -2.23. The summed E-state index contributed by atoms with van der Waals surface area (Å²) in [6.45, 7) is 4.14. The lowest BCUT2D eigenvalue weighted by atomic mass is 10.5. The van der Waals surface area contributed by atoms with Gasteiger partial charge < -0.3 is 11.5 Å². The van der Waals surface area contributed by atoms with E-state index in [2.05, 4.69) is 13.8 Å². The van der Waals surface area contributed by atoms with Crippen LogP contribution in [0.3, 0.4) is 0 Å². The molecule has 0 aliphatic carbocycles. The second-order valence-electron chi connectivity index (χ2n) is 2.03. The number of hydrogen-bond donors (Lipinski definition) is 2. The van der Waals surface area contributed by atoms with Crippen molar-refractivity contribution in [1.82, 2.24) is 0 Å². The Labute approximate surface area is 61.4 Å². The van der Waals surface area contributed by atoms with Gasteiger partial charge in [-0.2, -0.15) is 0 Å². The van der Waals surface area contributed by atoms with Gasteiger partial charge in [-0.15, -0.1) is 11.8 Å². The van der Waals surface area contributed by atoms with Crippen LogP contribution in [0.1, 0.15) is 26.7 Å². The molecule has 0 radical (unpaired) electrons. The van der Waals surface area contributed by atoms with Crippen LogP contribution in [-0.4, -0.2) is 10.7 Å². The Balaban J connectivity index is 3.22. The third-order valence-electron chi connectivity index (χ3n) is 1.15. The predicted molar refractivity (Wildman–Crippen MR) is 44.1 cm³/mol. The van der Waals surface area contributed by atoms with Crippen molar-refractivity contribution in [1.29, 1.82) is 0 Å². The topological polar surface area (TPSA) is 52.0 Å². The first-order chi connectivity index (χ1) is 4.20. The van der Waals surface area contributed by atoms with Crippen LogP contribution in [0.2, 0.25) is 0 Å². The van der Waals surface area contributed by atoms with E-state index in [0.29, 0.717) is 0 Å². The van der Waals surface area contributed by atoms with Gasteiger partial charge in [0.05, 0.1) is 10.7 Å². The summed E-state index contributed by atoms with van der Waals surface area (Å²) < 4.78 is 0. The second kappa shape index (κ2) is 5.09. The maximum absolute atomic E-state index is 5.63. The summed E-state index contributed by atoms with van der Waals surface area (Å²) in [6, 6.07) is 0. The zero-order valence-electron chi connectivity index (χ0n) is 6.13. The van der Waals surface area contributed by atoms with Gasteiger partial charge in [0.25, 0.3) is 0 Å². The van der Waals surface area contributed by atoms with Gasteiger partial charge in [-0.3, -0.25) is 0 Å². The summed E-state index contributed by atoms with van der Waals surface area (Å²) in [7, 11) is 0. The van der Waals surface area contributed by atoms with E-state index >= 15 is 0 Å². The monoisotopic (exact) mass is 148 g/mol. The van der Waals surface area contributed by atoms with E-state index in [1.54, 1.807) is 11.8 Å². The van der Waals surface area contributed by atoms with Crippen LogP contribution in [-0.2, 0) is 0 Å². The molecular formula is C6H16N2S. The van der Waals surface area contributed by atoms with Gasteiger partial charge in [0, 0.05) is 0 Å². The van der Waals surface area contributed by atoms with Gasteiger partial charge in [-0.1, -0.05) is 13.8 Å². The summed E-state index contributed by atoms with van der Waals surface area (Å²) in [4.78, 5) is 0. The molecular weight excluding hydrogens is 132 g/mol. The van der Waals surface area contributed by atoms with Crippen LogP contribution in [0.4, 0.5) is 0 Å². The Kier molecular flexibility index (Phi) is 5.24. The maximum atomic E-state index is 5.63. The average molecular weight is 148 g/mol. The molecule has 2 atom stereocenters. The van der Waals surface area contributed by atoms with Gasteiger partial charge >= 0.3 is 0 Å². The van der Waals surface area contributed by atoms with Gasteiger partial charge in [0.1, 0.15) is 0 Å². The van der Waals surface area contributed by atoms with Crippen molar-refractivity contribution in [3.63, 3.8) is 0 Å². The molecule has 0 bridgehead atoms. The summed E-state index contributed by atoms with van der Waals surface area (Å²) in [5.74, 6) is 0. The molecule has 4 N–H and O–H groups in total. The molecule has 9 heavy (non-hydrogen) atoms. The van der Waals surface area contributed by atoms with E-state index in [9.17, 15) is 0 Å². The molecule has 0 spiro atoms. The van der Waals surface area contributed by atoms with Crippen LogP contribution < -0.4 is 11.5 Å². The summed E-state index contributed by atoms with van der Waals surface area (Å²) >= 11 is 1.66. The fraction of sp³-hybridized carbons (Fsp3) is 1.00. The quantitative estimate of drug-likeness (QED) is 0.587. The van der Waals surface area contributed by atoms with Crippen molar-refractivity contribution < 1.29 is 0 Å². The molecule has 0 saturated carbocycles. The molecule has 56 valence electrons. The highest BCUT2D eigenvalue weighted by Gasteiger charge is 2.04. The molecule has 0 aliphatic rings. The van der Waals surface area contributed by atoms with Crippen LogP contribution in [0.5, 0.6) is 0 Å². The zero-order valence-corrected chi connectivity index (χ0v) is 6.95. The van der Waals surface area contributed by atoms with E-state index in [1.807, 2.05) is 0 Å². The van der Waals surface area contributed by atoms with Crippen LogP contribution >= 0.6 is 11.8 Å². The minimum absolute atomic E-state index is 0.222. The fourth-order valence-electron chi connectivity index (χ4n) is 0.417. The minimum Gasteiger partial charge on any atom is -0.319 e. The highest BCUT2D eigenvalue weighted by molar-refractivity contribution is 8.00. The molecule has 0 heterocycles. The van der Waals surface area contributed by atoms with Crippen molar-refractivity contribution in [2.75, 3.05) is 0 Å². The molecule has 0 saturated heterocycles. The van der Waals surface area contributed by atoms with Crippen LogP contribution in [0.15, 0.2) is 0 Å². The predicted octanol–water partition coefficient (Wildman–Crippen LogP) is 1.11. The van der Waals surface area contributed by atoms with Gasteiger partial charge in [0.2, 0.25) is 0 Å². The molecule has 3 heteroatoms. The van der Waals surface area contributed by atoms with Gasteiger partial charge in [-0.05, 0) is 12.8 Å². The van der Waals surface area contributed by atoms with E-state index in [0.717, 1.165) is 12.8 Å². The Bertz CT molecular complexity index is 60.1.